The highest BCUT2D eigenvalue weighted by molar-refractivity contribution is 5.79. The molecular weight excluding hydrogens is 350 g/mol. The predicted octanol–water partition coefficient (Wildman–Crippen LogP) is 3.65. The van der Waals surface area contributed by atoms with Gasteiger partial charge in [-0.15, -0.1) is 0 Å². The second kappa shape index (κ2) is 8.31. The molecule has 1 aliphatic rings. The van der Waals surface area contributed by atoms with Crippen LogP contribution in [-0.4, -0.2) is 41.0 Å². The summed E-state index contributed by atoms with van der Waals surface area (Å²) in [4.78, 5) is 23.4. The number of nitrogens with zero attached hydrogens (tertiary/aromatic N) is 3. The first-order chi connectivity index (χ1) is 13.8. The van der Waals surface area contributed by atoms with Gasteiger partial charge in [0.2, 0.25) is 5.91 Å². The number of hydrogen-bond donors (Lipinski definition) is 0. The maximum absolute atomic E-state index is 12.9. The fourth-order valence-corrected chi connectivity index (χ4v) is 3.90. The molecule has 0 spiro atoms. The molecule has 28 heavy (non-hydrogen) atoms. The third-order valence-electron chi connectivity index (χ3n) is 5.17. The summed E-state index contributed by atoms with van der Waals surface area (Å²) < 4.78 is 5.15. The molecule has 1 unspecified atom stereocenters. The summed E-state index contributed by atoms with van der Waals surface area (Å²) in [6.07, 6.45) is 7.24. The topological polar surface area (TPSA) is 55.3 Å². The molecule has 0 saturated carbocycles. The minimum absolute atomic E-state index is 0.00600. The maximum Gasteiger partial charge on any atom is 0.249 e. The van der Waals surface area contributed by atoms with Crippen LogP contribution in [0.4, 0.5) is 0 Å². The lowest BCUT2D eigenvalue weighted by molar-refractivity contribution is -0.136. The van der Waals surface area contributed by atoms with Gasteiger partial charge in [0, 0.05) is 37.8 Å². The molecule has 5 nitrogen and oxygen atoms in total. The van der Waals surface area contributed by atoms with Crippen molar-refractivity contribution in [1.29, 1.82) is 0 Å². The minimum atomic E-state index is -0.148. The summed E-state index contributed by atoms with van der Waals surface area (Å²) in [5.74, 6) is 0.00600. The number of aromatic nitrogens is 2. The van der Waals surface area contributed by atoms with E-state index in [2.05, 4.69) is 34.2 Å². The van der Waals surface area contributed by atoms with Crippen molar-refractivity contribution in [2.75, 3.05) is 20.3 Å². The number of hydrogen-bond acceptors (Lipinski definition) is 4. The number of rotatable bonds is 4. The van der Waals surface area contributed by atoms with Crippen molar-refractivity contribution in [2.45, 2.75) is 18.9 Å². The number of aryl methyl sites for hydroxylation is 1. The van der Waals surface area contributed by atoms with Crippen molar-refractivity contribution in [1.82, 2.24) is 14.9 Å². The summed E-state index contributed by atoms with van der Waals surface area (Å²) in [7, 11) is 1.56. The molecule has 3 aromatic rings. The van der Waals surface area contributed by atoms with Gasteiger partial charge < -0.3 is 9.64 Å². The van der Waals surface area contributed by atoms with Crippen LogP contribution in [0.15, 0.2) is 67.1 Å². The largest absolute Gasteiger partial charge is 0.375 e. The van der Waals surface area contributed by atoms with Gasteiger partial charge >= 0.3 is 0 Å². The van der Waals surface area contributed by atoms with E-state index in [9.17, 15) is 4.79 Å². The van der Waals surface area contributed by atoms with E-state index in [0.29, 0.717) is 6.54 Å². The molecule has 1 amide bonds. The molecule has 1 aromatic carbocycles. The van der Waals surface area contributed by atoms with Gasteiger partial charge in [-0.3, -0.25) is 14.8 Å². The zero-order valence-corrected chi connectivity index (χ0v) is 15.9. The molecule has 1 aliphatic heterocycles. The van der Waals surface area contributed by atoms with Crippen LogP contribution < -0.4 is 0 Å². The second-order valence-electron chi connectivity index (χ2n) is 6.94. The Balaban J connectivity index is 1.82. The predicted molar refractivity (Wildman–Crippen MR) is 108 cm³/mol. The molecule has 2 aromatic heterocycles. The maximum atomic E-state index is 12.9. The molecule has 0 fully saturated rings. The first-order valence-electron chi connectivity index (χ1n) is 9.50. The Morgan fingerprint density at radius 1 is 1.14 bits per heavy atom. The highest BCUT2D eigenvalue weighted by atomic mass is 16.5. The van der Waals surface area contributed by atoms with Crippen molar-refractivity contribution < 1.29 is 9.53 Å². The monoisotopic (exact) mass is 373 g/mol. The van der Waals surface area contributed by atoms with Crippen molar-refractivity contribution in [3.8, 4) is 11.3 Å². The van der Waals surface area contributed by atoms with Crippen LogP contribution in [0.3, 0.4) is 0 Å². The van der Waals surface area contributed by atoms with Crippen molar-refractivity contribution in [3.63, 3.8) is 0 Å². The molecule has 4 rings (SSSR count). The summed E-state index contributed by atoms with van der Waals surface area (Å²) in [6.45, 7) is 0.787. The third-order valence-corrected chi connectivity index (χ3v) is 5.17. The van der Waals surface area contributed by atoms with E-state index in [-0.39, 0.29) is 18.6 Å². The van der Waals surface area contributed by atoms with Crippen LogP contribution >= 0.6 is 0 Å². The Kier molecular flexibility index (Phi) is 5.44. The lowest BCUT2D eigenvalue weighted by atomic mass is 9.93. The molecule has 142 valence electrons. The van der Waals surface area contributed by atoms with Crippen LogP contribution in [0, 0.1) is 0 Å². The number of ether oxygens (including phenoxy) is 1. The Bertz CT molecular complexity index is 959. The van der Waals surface area contributed by atoms with Crippen LogP contribution in [-0.2, 0) is 16.0 Å². The number of benzene rings is 1. The molecule has 0 saturated heterocycles. The lowest BCUT2D eigenvalue weighted by Gasteiger charge is -2.31. The van der Waals surface area contributed by atoms with Gasteiger partial charge in [0.15, 0.2) is 0 Å². The average molecular weight is 373 g/mol. The smallest absolute Gasteiger partial charge is 0.249 e. The molecule has 1 atom stereocenters. The molecule has 0 radical (unpaired) electrons. The number of fused-ring (bicyclic) bond motifs is 1. The highest BCUT2D eigenvalue weighted by Gasteiger charge is 2.30. The quantitative estimate of drug-likeness (QED) is 0.700. The van der Waals surface area contributed by atoms with Gasteiger partial charge in [0.25, 0.3) is 0 Å². The molecule has 5 heteroatoms. The summed E-state index contributed by atoms with van der Waals surface area (Å²) in [6, 6.07) is 16.2. The van der Waals surface area contributed by atoms with E-state index in [1.807, 2.05) is 35.4 Å². The number of pyridine rings is 2. The molecular formula is C23H23N3O2. The van der Waals surface area contributed by atoms with Crippen LogP contribution in [0.5, 0.6) is 0 Å². The first kappa shape index (κ1) is 18.3. The number of methoxy groups -OCH3 is 1. The fraction of sp³-hybridized carbons (Fsp3) is 0.261. The Morgan fingerprint density at radius 2 is 1.96 bits per heavy atom. The SMILES string of the molecule is COCC(=O)N1CCCc2ccccc2C1c1ccnc(-c2ccncc2)c1. The molecule has 3 heterocycles. The summed E-state index contributed by atoms with van der Waals surface area (Å²) in [5.41, 5.74) is 5.41. The highest BCUT2D eigenvalue weighted by Crippen LogP contribution is 2.35. The van der Waals surface area contributed by atoms with E-state index in [1.54, 1.807) is 19.5 Å². The van der Waals surface area contributed by atoms with Gasteiger partial charge in [0.05, 0.1) is 11.7 Å². The van der Waals surface area contributed by atoms with Crippen LogP contribution in [0.2, 0.25) is 0 Å². The van der Waals surface area contributed by atoms with Crippen molar-refractivity contribution in [3.05, 3.63) is 83.8 Å². The Morgan fingerprint density at radius 3 is 2.79 bits per heavy atom. The number of amides is 1. The number of carbonyl (C=O) groups is 1. The van der Waals surface area contributed by atoms with E-state index in [1.165, 1.54) is 11.1 Å². The first-order valence-corrected chi connectivity index (χ1v) is 9.50. The van der Waals surface area contributed by atoms with E-state index < -0.39 is 0 Å². The Hall–Kier alpha value is -3.05. The standard InChI is InChI=1S/C23H23N3O2/c1-28-16-22(27)26-14-4-6-17-5-2-3-7-20(17)23(26)19-10-13-25-21(15-19)18-8-11-24-12-9-18/h2-3,5,7-13,15,23H,4,6,14,16H2,1H3. The fourth-order valence-electron chi connectivity index (χ4n) is 3.90. The van der Waals surface area contributed by atoms with Gasteiger partial charge in [0.1, 0.15) is 6.61 Å². The Labute approximate surface area is 165 Å². The minimum Gasteiger partial charge on any atom is -0.375 e. The molecule has 0 aliphatic carbocycles. The van der Waals surface area contributed by atoms with E-state index in [4.69, 9.17) is 4.74 Å². The van der Waals surface area contributed by atoms with E-state index in [0.717, 1.165) is 29.7 Å². The van der Waals surface area contributed by atoms with Gasteiger partial charge in [-0.05, 0) is 53.8 Å². The van der Waals surface area contributed by atoms with Gasteiger partial charge in [-0.25, -0.2) is 0 Å². The molecule has 0 bridgehead atoms. The van der Waals surface area contributed by atoms with Crippen molar-refractivity contribution >= 4 is 5.91 Å². The normalized spacial score (nSPS) is 16.3. The van der Waals surface area contributed by atoms with E-state index >= 15 is 0 Å². The number of carbonyl (C=O) groups excluding carboxylic acids is 1. The van der Waals surface area contributed by atoms with Gasteiger partial charge in [-0.1, -0.05) is 24.3 Å². The second-order valence-corrected chi connectivity index (χ2v) is 6.94. The van der Waals surface area contributed by atoms with Crippen molar-refractivity contribution in [2.24, 2.45) is 0 Å². The zero-order valence-electron chi connectivity index (χ0n) is 15.9. The summed E-state index contributed by atoms with van der Waals surface area (Å²) in [5, 5.41) is 0. The lowest BCUT2D eigenvalue weighted by Crippen LogP contribution is -2.37. The van der Waals surface area contributed by atoms with Crippen LogP contribution in [0.25, 0.3) is 11.3 Å². The van der Waals surface area contributed by atoms with Gasteiger partial charge in [-0.2, -0.15) is 0 Å². The zero-order chi connectivity index (χ0) is 19.3. The average Bonchev–Trinajstić information content (AvgIpc) is 2.94. The molecule has 0 N–H and O–H groups in total. The summed E-state index contributed by atoms with van der Waals surface area (Å²) >= 11 is 0. The third kappa shape index (κ3) is 3.66. The van der Waals surface area contributed by atoms with Crippen LogP contribution in [0.1, 0.15) is 29.2 Å².